The van der Waals surface area contributed by atoms with E-state index in [0.29, 0.717) is 13.0 Å². The van der Waals surface area contributed by atoms with Gasteiger partial charge in [0.15, 0.2) is 0 Å². The molecule has 5 nitrogen and oxygen atoms in total. The van der Waals surface area contributed by atoms with Crippen LogP contribution in [0.5, 0.6) is 0 Å². The molecule has 0 aromatic rings. The quantitative estimate of drug-likeness (QED) is 0.865. The van der Waals surface area contributed by atoms with Gasteiger partial charge in [0.05, 0.1) is 5.92 Å². The van der Waals surface area contributed by atoms with Gasteiger partial charge < -0.3 is 14.7 Å². The number of rotatable bonds is 3. The highest BCUT2D eigenvalue weighted by Gasteiger charge is 2.40. The normalized spacial score (nSPS) is 27.2. The molecular weight excluding hydrogens is 258 g/mol. The molecule has 1 aliphatic rings. The van der Waals surface area contributed by atoms with Crippen LogP contribution in [0.4, 0.5) is 4.79 Å². The first-order valence-electron chi connectivity index (χ1n) is 7.42. The van der Waals surface area contributed by atoms with E-state index in [1.807, 2.05) is 34.6 Å². The Morgan fingerprint density at radius 1 is 1.25 bits per heavy atom. The molecule has 0 saturated carbocycles. The Morgan fingerprint density at radius 2 is 1.85 bits per heavy atom. The lowest BCUT2D eigenvalue weighted by Crippen LogP contribution is -2.52. The standard InChI is InChI=1S/C15H27NO4/c1-6-10-9-16(14(19)20-15(3,4)5)11(7-2)8-12(10)13(17)18/h10-12H,6-9H2,1-5H3,(H,17,18)/t10-,11+,12-/m0/s1. The summed E-state index contributed by atoms with van der Waals surface area (Å²) in [6.45, 7) is 9.95. The lowest BCUT2D eigenvalue weighted by Gasteiger charge is -2.42. The Labute approximate surface area is 121 Å². The molecule has 0 aliphatic carbocycles. The third-order valence-electron chi connectivity index (χ3n) is 3.91. The number of piperidine rings is 1. The van der Waals surface area contributed by atoms with Crippen LogP contribution in [0.15, 0.2) is 0 Å². The van der Waals surface area contributed by atoms with E-state index in [0.717, 1.165) is 12.8 Å². The van der Waals surface area contributed by atoms with Gasteiger partial charge in [-0.2, -0.15) is 0 Å². The van der Waals surface area contributed by atoms with Gasteiger partial charge in [-0.15, -0.1) is 0 Å². The number of carbonyl (C=O) groups excluding carboxylic acids is 1. The predicted octanol–water partition coefficient (Wildman–Crippen LogP) is 3.13. The molecular formula is C15H27NO4. The molecule has 1 N–H and O–H groups in total. The van der Waals surface area contributed by atoms with E-state index < -0.39 is 11.6 Å². The van der Waals surface area contributed by atoms with Gasteiger partial charge in [0.1, 0.15) is 5.60 Å². The molecule has 1 amide bonds. The fraction of sp³-hybridized carbons (Fsp3) is 0.867. The second-order valence-corrected chi connectivity index (χ2v) is 6.54. The van der Waals surface area contributed by atoms with Gasteiger partial charge in [0.25, 0.3) is 0 Å². The highest BCUT2D eigenvalue weighted by atomic mass is 16.6. The van der Waals surface area contributed by atoms with Crippen molar-refractivity contribution in [1.29, 1.82) is 0 Å². The van der Waals surface area contributed by atoms with Crippen LogP contribution < -0.4 is 0 Å². The molecule has 1 heterocycles. The van der Waals surface area contributed by atoms with Crippen molar-refractivity contribution < 1.29 is 19.4 Å². The van der Waals surface area contributed by atoms with E-state index in [1.165, 1.54) is 0 Å². The summed E-state index contributed by atoms with van der Waals surface area (Å²) in [5.74, 6) is -1.11. The second kappa shape index (κ2) is 6.46. The highest BCUT2D eigenvalue weighted by molar-refractivity contribution is 5.72. The summed E-state index contributed by atoms with van der Waals surface area (Å²) in [6.07, 6.45) is 1.70. The number of hydrogen-bond donors (Lipinski definition) is 1. The highest BCUT2D eigenvalue weighted by Crippen LogP contribution is 2.32. The van der Waals surface area contributed by atoms with Crippen molar-refractivity contribution in [2.75, 3.05) is 6.54 Å². The fourth-order valence-electron chi connectivity index (χ4n) is 2.79. The number of nitrogens with zero attached hydrogens (tertiary/aromatic N) is 1. The first-order chi connectivity index (χ1) is 9.19. The maximum atomic E-state index is 12.3. The van der Waals surface area contributed by atoms with Crippen LogP contribution in [0.25, 0.3) is 0 Å². The number of likely N-dealkylation sites (tertiary alicyclic amines) is 1. The van der Waals surface area contributed by atoms with E-state index in [2.05, 4.69) is 0 Å². The minimum absolute atomic E-state index is 0.00261. The molecule has 0 unspecified atom stereocenters. The Morgan fingerprint density at radius 3 is 2.25 bits per heavy atom. The number of amides is 1. The summed E-state index contributed by atoms with van der Waals surface area (Å²) in [5.41, 5.74) is -0.527. The summed E-state index contributed by atoms with van der Waals surface area (Å²) < 4.78 is 5.44. The van der Waals surface area contributed by atoms with Gasteiger partial charge in [-0.25, -0.2) is 4.79 Å². The average molecular weight is 285 g/mol. The maximum Gasteiger partial charge on any atom is 0.410 e. The molecule has 1 rings (SSSR count). The molecule has 0 spiro atoms. The summed E-state index contributed by atoms with van der Waals surface area (Å²) in [4.78, 5) is 25.4. The molecule has 0 radical (unpaired) electrons. The zero-order chi connectivity index (χ0) is 15.5. The molecule has 1 fully saturated rings. The number of carboxylic acids is 1. The van der Waals surface area contributed by atoms with Gasteiger partial charge in [0.2, 0.25) is 0 Å². The molecule has 3 atom stereocenters. The fourth-order valence-corrected chi connectivity index (χ4v) is 2.79. The number of carbonyl (C=O) groups is 2. The van der Waals surface area contributed by atoms with E-state index in [9.17, 15) is 14.7 Å². The Kier molecular flexibility index (Phi) is 5.42. The van der Waals surface area contributed by atoms with E-state index >= 15 is 0 Å². The number of hydrogen-bond acceptors (Lipinski definition) is 3. The third kappa shape index (κ3) is 4.12. The Balaban J connectivity index is 2.85. The maximum absolute atomic E-state index is 12.3. The molecule has 1 saturated heterocycles. The molecule has 0 aromatic heterocycles. The number of carboxylic acid groups (broad SMARTS) is 1. The van der Waals surface area contributed by atoms with E-state index in [-0.39, 0.29) is 24.0 Å². The van der Waals surface area contributed by atoms with E-state index in [4.69, 9.17) is 4.74 Å². The Hall–Kier alpha value is -1.26. The predicted molar refractivity (Wildman–Crippen MR) is 76.5 cm³/mol. The molecule has 1 aliphatic heterocycles. The van der Waals surface area contributed by atoms with Crippen LogP contribution in [0.2, 0.25) is 0 Å². The van der Waals surface area contributed by atoms with Crippen molar-refractivity contribution in [2.24, 2.45) is 11.8 Å². The van der Waals surface area contributed by atoms with Gasteiger partial charge in [0, 0.05) is 12.6 Å². The van der Waals surface area contributed by atoms with Gasteiger partial charge in [-0.1, -0.05) is 20.3 Å². The van der Waals surface area contributed by atoms with Crippen LogP contribution in [0.1, 0.15) is 53.9 Å². The smallest absolute Gasteiger partial charge is 0.410 e. The van der Waals surface area contributed by atoms with E-state index in [1.54, 1.807) is 4.90 Å². The minimum atomic E-state index is -0.751. The lowest BCUT2D eigenvalue weighted by atomic mass is 9.80. The van der Waals surface area contributed by atoms with Gasteiger partial charge in [-0.3, -0.25) is 4.79 Å². The van der Waals surface area contributed by atoms with Crippen molar-refractivity contribution in [3.05, 3.63) is 0 Å². The zero-order valence-corrected chi connectivity index (χ0v) is 13.2. The van der Waals surface area contributed by atoms with Crippen LogP contribution in [-0.2, 0) is 9.53 Å². The largest absolute Gasteiger partial charge is 0.481 e. The topological polar surface area (TPSA) is 66.8 Å². The number of ether oxygens (including phenoxy) is 1. The van der Waals surface area contributed by atoms with Gasteiger partial charge >= 0.3 is 12.1 Å². The third-order valence-corrected chi connectivity index (χ3v) is 3.91. The molecule has 0 aromatic carbocycles. The first kappa shape index (κ1) is 16.8. The summed E-state index contributed by atoms with van der Waals surface area (Å²) >= 11 is 0. The minimum Gasteiger partial charge on any atom is -0.481 e. The second-order valence-electron chi connectivity index (χ2n) is 6.54. The molecule has 116 valence electrons. The zero-order valence-electron chi connectivity index (χ0n) is 13.2. The van der Waals surface area contributed by atoms with Crippen molar-refractivity contribution in [1.82, 2.24) is 4.90 Å². The van der Waals surface area contributed by atoms with Crippen LogP contribution in [0, 0.1) is 11.8 Å². The van der Waals surface area contributed by atoms with Crippen molar-refractivity contribution in [3.63, 3.8) is 0 Å². The molecule has 0 bridgehead atoms. The average Bonchev–Trinajstić information content (AvgIpc) is 2.34. The lowest BCUT2D eigenvalue weighted by molar-refractivity contribution is -0.147. The van der Waals surface area contributed by atoms with Gasteiger partial charge in [-0.05, 0) is 39.5 Å². The van der Waals surface area contributed by atoms with Crippen LogP contribution in [-0.4, -0.2) is 40.3 Å². The van der Waals surface area contributed by atoms with Crippen molar-refractivity contribution in [3.8, 4) is 0 Å². The SMILES string of the molecule is CC[C@H]1CN(C(=O)OC(C)(C)C)[C@H](CC)C[C@@H]1C(=O)O. The monoisotopic (exact) mass is 285 g/mol. The number of aliphatic carboxylic acids is 1. The summed E-state index contributed by atoms with van der Waals surface area (Å²) in [6, 6.07) is -0.0475. The molecule has 5 heteroatoms. The first-order valence-corrected chi connectivity index (χ1v) is 7.42. The summed E-state index contributed by atoms with van der Waals surface area (Å²) in [5, 5.41) is 9.33. The van der Waals surface area contributed by atoms with Crippen LogP contribution >= 0.6 is 0 Å². The van der Waals surface area contributed by atoms with Crippen molar-refractivity contribution in [2.45, 2.75) is 65.5 Å². The molecule has 20 heavy (non-hydrogen) atoms. The van der Waals surface area contributed by atoms with Crippen LogP contribution in [0.3, 0.4) is 0 Å². The summed E-state index contributed by atoms with van der Waals surface area (Å²) in [7, 11) is 0. The Bertz CT molecular complexity index is 361. The van der Waals surface area contributed by atoms with Crippen molar-refractivity contribution >= 4 is 12.1 Å².